The maximum Gasteiger partial charge on any atom is 0.225 e. The third kappa shape index (κ3) is 5.45. The normalized spacial score (nSPS) is 22.6. The third-order valence-electron chi connectivity index (χ3n) is 4.71. The SMILES string of the molecule is O=C(CCN1CCN(CC2CCCO2)CC1)Nc1cccc(Cl)c1. The molecule has 0 aromatic heterocycles. The van der Waals surface area contributed by atoms with Crippen molar-refractivity contribution in [1.29, 1.82) is 0 Å². The van der Waals surface area contributed by atoms with E-state index in [1.165, 1.54) is 12.8 Å². The van der Waals surface area contributed by atoms with E-state index in [-0.39, 0.29) is 5.91 Å². The number of hydrogen-bond donors (Lipinski definition) is 1. The maximum atomic E-state index is 12.1. The highest BCUT2D eigenvalue weighted by atomic mass is 35.5. The number of rotatable bonds is 6. The molecule has 2 fully saturated rings. The van der Waals surface area contributed by atoms with Crippen molar-refractivity contribution in [2.45, 2.75) is 25.4 Å². The van der Waals surface area contributed by atoms with Crippen LogP contribution in [-0.4, -0.2) is 67.7 Å². The topological polar surface area (TPSA) is 44.8 Å². The van der Waals surface area contributed by atoms with E-state index in [4.69, 9.17) is 16.3 Å². The highest BCUT2D eigenvalue weighted by Gasteiger charge is 2.22. The Kier molecular flexibility index (Phi) is 6.49. The summed E-state index contributed by atoms with van der Waals surface area (Å²) in [6, 6.07) is 7.26. The Morgan fingerprint density at radius 3 is 2.75 bits per heavy atom. The number of benzene rings is 1. The summed E-state index contributed by atoms with van der Waals surface area (Å²) in [6.45, 7) is 6.97. The fourth-order valence-corrected chi connectivity index (χ4v) is 3.51. The van der Waals surface area contributed by atoms with Crippen LogP contribution < -0.4 is 5.32 Å². The standard InChI is InChI=1S/C18H26ClN3O2/c19-15-3-1-4-16(13-15)20-18(23)6-7-21-8-10-22(11-9-21)14-17-5-2-12-24-17/h1,3-4,13,17H,2,5-12,14H2,(H,20,23). The van der Waals surface area contributed by atoms with Gasteiger partial charge in [-0.15, -0.1) is 0 Å². The van der Waals surface area contributed by atoms with Crippen molar-refractivity contribution >= 4 is 23.2 Å². The van der Waals surface area contributed by atoms with Crippen molar-refractivity contribution in [1.82, 2.24) is 9.80 Å². The summed E-state index contributed by atoms with van der Waals surface area (Å²) < 4.78 is 5.71. The van der Waals surface area contributed by atoms with E-state index in [1.807, 2.05) is 12.1 Å². The molecule has 1 atom stereocenters. The van der Waals surface area contributed by atoms with Gasteiger partial charge in [-0.2, -0.15) is 0 Å². The smallest absolute Gasteiger partial charge is 0.225 e. The molecule has 1 amide bonds. The van der Waals surface area contributed by atoms with E-state index < -0.39 is 0 Å². The Hall–Kier alpha value is -1.14. The molecular weight excluding hydrogens is 326 g/mol. The molecule has 2 saturated heterocycles. The first-order valence-corrected chi connectivity index (χ1v) is 9.18. The van der Waals surface area contributed by atoms with Gasteiger partial charge in [0.1, 0.15) is 0 Å². The molecule has 1 aromatic carbocycles. The molecule has 0 bridgehead atoms. The monoisotopic (exact) mass is 351 g/mol. The van der Waals surface area contributed by atoms with Crippen molar-refractivity contribution in [3.8, 4) is 0 Å². The molecule has 6 heteroatoms. The third-order valence-corrected chi connectivity index (χ3v) is 4.95. The molecule has 2 aliphatic heterocycles. The lowest BCUT2D eigenvalue weighted by molar-refractivity contribution is -0.116. The molecule has 2 aliphatic rings. The zero-order valence-corrected chi connectivity index (χ0v) is 14.8. The van der Waals surface area contributed by atoms with Gasteiger partial charge in [-0.1, -0.05) is 17.7 Å². The number of anilines is 1. The Morgan fingerprint density at radius 1 is 1.25 bits per heavy atom. The molecule has 5 nitrogen and oxygen atoms in total. The zero-order chi connectivity index (χ0) is 16.8. The fraction of sp³-hybridized carbons (Fsp3) is 0.611. The summed E-state index contributed by atoms with van der Waals surface area (Å²) in [5, 5.41) is 3.54. The van der Waals surface area contributed by atoms with Crippen LogP contribution in [-0.2, 0) is 9.53 Å². The van der Waals surface area contributed by atoms with Crippen LogP contribution in [0.5, 0.6) is 0 Å². The second kappa shape index (κ2) is 8.81. The van der Waals surface area contributed by atoms with Gasteiger partial charge in [-0.25, -0.2) is 0 Å². The first-order valence-electron chi connectivity index (χ1n) is 8.81. The van der Waals surface area contributed by atoms with Gasteiger partial charge >= 0.3 is 0 Å². The lowest BCUT2D eigenvalue weighted by Crippen LogP contribution is -2.48. The summed E-state index contributed by atoms with van der Waals surface area (Å²) >= 11 is 5.93. The van der Waals surface area contributed by atoms with Gasteiger partial charge in [0, 0.05) is 63.0 Å². The Labute approximate surface area is 148 Å². The maximum absolute atomic E-state index is 12.1. The minimum absolute atomic E-state index is 0.0408. The van der Waals surface area contributed by atoms with Gasteiger partial charge in [0.2, 0.25) is 5.91 Å². The molecule has 1 N–H and O–H groups in total. The lowest BCUT2D eigenvalue weighted by Gasteiger charge is -2.35. The molecule has 0 radical (unpaired) electrons. The largest absolute Gasteiger partial charge is 0.377 e. The predicted molar refractivity (Wildman–Crippen MR) is 96.6 cm³/mol. The minimum Gasteiger partial charge on any atom is -0.377 e. The van der Waals surface area contributed by atoms with Crippen LogP contribution in [0.3, 0.4) is 0 Å². The summed E-state index contributed by atoms with van der Waals surface area (Å²) in [5.74, 6) is 0.0408. The Bertz CT molecular complexity index is 541. The molecule has 2 heterocycles. The number of carbonyl (C=O) groups excluding carboxylic acids is 1. The second-order valence-electron chi connectivity index (χ2n) is 6.59. The molecule has 1 aromatic rings. The van der Waals surface area contributed by atoms with E-state index in [2.05, 4.69) is 15.1 Å². The first kappa shape index (κ1) is 17.7. The first-order chi connectivity index (χ1) is 11.7. The van der Waals surface area contributed by atoms with Gasteiger partial charge in [0.05, 0.1) is 6.10 Å². The lowest BCUT2D eigenvalue weighted by atomic mass is 10.2. The molecular formula is C18H26ClN3O2. The number of hydrogen-bond acceptors (Lipinski definition) is 4. The number of ether oxygens (including phenoxy) is 1. The number of nitrogens with zero attached hydrogens (tertiary/aromatic N) is 2. The minimum atomic E-state index is 0.0408. The average Bonchev–Trinajstić information content (AvgIpc) is 3.07. The summed E-state index contributed by atoms with van der Waals surface area (Å²) in [7, 11) is 0. The number of carbonyl (C=O) groups is 1. The van der Waals surface area contributed by atoms with Gasteiger partial charge in [-0.05, 0) is 31.0 Å². The van der Waals surface area contributed by atoms with Crippen LogP contribution in [0.1, 0.15) is 19.3 Å². The summed E-state index contributed by atoms with van der Waals surface area (Å²) in [6.07, 6.45) is 3.34. The van der Waals surface area contributed by atoms with E-state index in [1.54, 1.807) is 12.1 Å². The highest BCUT2D eigenvalue weighted by molar-refractivity contribution is 6.30. The van der Waals surface area contributed by atoms with Gasteiger partial charge in [0.25, 0.3) is 0 Å². The second-order valence-corrected chi connectivity index (χ2v) is 7.02. The van der Waals surface area contributed by atoms with Gasteiger partial charge in [0.15, 0.2) is 0 Å². The number of halogens is 1. The average molecular weight is 352 g/mol. The van der Waals surface area contributed by atoms with Crippen molar-refractivity contribution in [2.75, 3.05) is 51.2 Å². The molecule has 0 aliphatic carbocycles. The number of nitrogens with one attached hydrogen (secondary N) is 1. The van der Waals surface area contributed by atoms with Crippen LogP contribution in [0.15, 0.2) is 24.3 Å². The van der Waals surface area contributed by atoms with E-state index in [9.17, 15) is 4.79 Å². The predicted octanol–water partition coefficient (Wildman–Crippen LogP) is 2.47. The Balaban J connectivity index is 1.33. The fourth-order valence-electron chi connectivity index (χ4n) is 3.32. The molecule has 3 rings (SSSR count). The highest BCUT2D eigenvalue weighted by Crippen LogP contribution is 2.16. The van der Waals surface area contributed by atoms with Crippen LogP contribution in [0.2, 0.25) is 5.02 Å². The van der Waals surface area contributed by atoms with Crippen molar-refractivity contribution in [3.63, 3.8) is 0 Å². The van der Waals surface area contributed by atoms with Gasteiger partial charge < -0.3 is 15.0 Å². The summed E-state index contributed by atoms with van der Waals surface area (Å²) in [5.41, 5.74) is 0.758. The molecule has 24 heavy (non-hydrogen) atoms. The summed E-state index contributed by atoms with van der Waals surface area (Å²) in [4.78, 5) is 16.9. The van der Waals surface area contributed by atoms with Crippen molar-refractivity contribution < 1.29 is 9.53 Å². The van der Waals surface area contributed by atoms with Crippen LogP contribution in [0.4, 0.5) is 5.69 Å². The van der Waals surface area contributed by atoms with Crippen LogP contribution in [0.25, 0.3) is 0 Å². The van der Waals surface area contributed by atoms with Crippen LogP contribution in [0, 0.1) is 0 Å². The Morgan fingerprint density at radius 2 is 2.04 bits per heavy atom. The quantitative estimate of drug-likeness (QED) is 0.855. The van der Waals surface area contributed by atoms with E-state index in [0.717, 1.165) is 51.6 Å². The van der Waals surface area contributed by atoms with E-state index >= 15 is 0 Å². The molecule has 132 valence electrons. The van der Waals surface area contributed by atoms with Crippen molar-refractivity contribution in [3.05, 3.63) is 29.3 Å². The number of amides is 1. The van der Waals surface area contributed by atoms with Gasteiger partial charge in [-0.3, -0.25) is 9.69 Å². The number of piperazine rings is 1. The van der Waals surface area contributed by atoms with E-state index in [0.29, 0.717) is 17.5 Å². The molecule has 0 saturated carbocycles. The molecule has 0 spiro atoms. The van der Waals surface area contributed by atoms with Crippen molar-refractivity contribution in [2.24, 2.45) is 0 Å². The zero-order valence-electron chi connectivity index (χ0n) is 14.0. The van der Waals surface area contributed by atoms with Crippen LogP contribution >= 0.6 is 11.6 Å². The molecule has 1 unspecified atom stereocenters.